The van der Waals surface area contributed by atoms with Gasteiger partial charge in [-0.25, -0.2) is 13.4 Å². The zero-order valence-corrected chi connectivity index (χ0v) is 16.0. The summed E-state index contributed by atoms with van der Waals surface area (Å²) in [4.78, 5) is 28.4. The highest BCUT2D eigenvalue weighted by molar-refractivity contribution is 7.92. The van der Waals surface area contributed by atoms with Crippen LogP contribution >= 0.6 is 11.3 Å². The molecule has 134 valence electrons. The van der Waals surface area contributed by atoms with Gasteiger partial charge >= 0.3 is 0 Å². The van der Waals surface area contributed by atoms with Gasteiger partial charge in [0.25, 0.3) is 0 Å². The van der Waals surface area contributed by atoms with Gasteiger partial charge in [0.05, 0.1) is 22.5 Å². The van der Waals surface area contributed by atoms with Crippen molar-refractivity contribution in [3.63, 3.8) is 0 Å². The van der Waals surface area contributed by atoms with E-state index in [9.17, 15) is 18.0 Å². The number of hydrogen-bond donors (Lipinski definition) is 1. The number of aryl methyl sites for hydroxylation is 2. The maximum atomic E-state index is 12.3. The van der Waals surface area contributed by atoms with E-state index in [0.29, 0.717) is 16.3 Å². The highest BCUT2D eigenvalue weighted by atomic mass is 32.2. The summed E-state index contributed by atoms with van der Waals surface area (Å²) in [6, 6.07) is 6.92. The number of carbonyl (C=O) groups excluding carboxylic acids is 2. The Morgan fingerprint density at radius 3 is 2.40 bits per heavy atom. The Balaban J connectivity index is 2.22. The van der Waals surface area contributed by atoms with Crippen LogP contribution in [0.3, 0.4) is 0 Å². The van der Waals surface area contributed by atoms with Gasteiger partial charge in [0.15, 0.2) is 10.9 Å². The van der Waals surface area contributed by atoms with Crippen LogP contribution in [-0.2, 0) is 14.8 Å². The van der Waals surface area contributed by atoms with E-state index in [2.05, 4.69) is 10.3 Å². The van der Waals surface area contributed by atoms with E-state index in [-0.39, 0.29) is 17.5 Å². The second-order valence-corrected chi connectivity index (χ2v) is 8.50. The number of Topliss-reactive ketones (excluding diaryl/α,β-unsaturated/α-hetero) is 1. The molecule has 0 unspecified atom stereocenters. The van der Waals surface area contributed by atoms with Crippen molar-refractivity contribution in [1.29, 1.82) is 0 Å². The largest absolute Gasteiger partial charge is 0.300 e. The van der Waals surface area contributed by atoms with Crippen molar-refractivity contribution in [3.05, 3.63) is 40.4 Å². The number of carbonyl (C=O) groups is 2. The first-order valence-electron chi connectivity index (χ1n) is 7.41. The minimum Gasteiger partial charge on any atom is -0.300 e. The van der Waals surface area contributed by atoms with Crippen molar-refractivity contribution in [2.75, 3.05) is 22.4 Å². The van der Waals surface area contributed by atoms with Crippen LogP contribution in [0.5, 0.6) is 0 Å². The molecule has 0 saturated carbocycles. The minimum atomic E-state index is -3.64. The monoisotopic (exact) mass is 381 g/mol. The summed E-state index contributed by atoms with van der Waals surface area (Å²) < 4.78 is 25.3. The Labute approximate surface area is 150 Å². The average Bonchev–Trinajstić information content (AvgIpc) is 2.85. The fourth-order valence-corrected chi connectivity index (χ4v) is 4.08. The van der Waals surface area contributed by atoms with E-state index < -0.39 is 15.9 Å². The molecule has 0 spiro atoms. The second kappa shape index (κ2) is 7.32. The smallest absolute Gasteiger partial charge is 0.246 e. The molecular weight excluding hydrogens is 362 g/mol. The third-order valence-electron chi connectivity index (χ3n) is 3.43. The molecule has 9 heteroatoms. The van der Waals surface area contributed by atoms with Crippen molar-refractivity contribution >= 4 is 43.9 Å². The fourth-order valence-electron chi connectivity index (χ4n) is 2.29. The molecule has 1 aromatic carbocycles. The van der Waals surface area contributed by atoms with Gasteiger partial charge in [0.1, 0.15) is 6.54 Å². The molecule has 0 aliphatic heterocycles. The molecule has 2 rings (SSSR count). The standard InChI is InChI=1S/C16H19N3O4S2/c1-10-7-5-6-8-13(10)19(25(4,22)23)9-14(21)18-16-17-11(2)15(24-16)12(3)20/h5-8H,9H2,1-4H3,(H,17,18,21). The first-order valence-corrected chi connectivity index (χ1v) is 10.1. The number of amides is 1. The molecule has 0 aliphatic carbocycles. The lowest BCUT2D eigenvalue weighted by Gasteiger charge is -2.23. The Morgan fingerprint density at radius 1 is 1.24 bits per heavy atom. The molecule has 0 aliphatic rings. The molecule has 0 radical (unpaired) electrons. The topological polar surface area (TPSA) is 96.4 Å². The van der Waals surface area contributed by atoms with E-state index in [1.54, 1.807) is 38.1 Å². The Bertz CT molecular complexity index is 919. The van der Waals surface area contributed by atoms with E-state index in [1.165, 1.54) is 6.92 Å². The number of para-hydroxylation sites is 1. The van der Waals surface area contributed by atoms with Crippen molar-refractivity contribution in [2.24, 2.45) is 0 Å². The molecule has 1 aromatic heterocycles. The van der Waals surface area contributed by atoms with Crippen molar-refractivity contribution in [3.8, 4) is 0 Å². The van der Waals surface area contributed by atoms with Crippen LogP contribution in [0, 0.1) is 13.8 Å². The van der Waals surface area contributed by atoms with Crippen LogP contribution in [0.15, 0.2) is 24.3 Å². The van der Waals surface area contributed by atoms with E-state index in [0.717, 1.165) is 27.5 Å². The zero-order valence-electron chi connectivity index (χ0n) is 14.4. The summed E-state index contributed by atoms with van der Waals surface area (Å²) in [7, 11) is -3.64. The molecule has 0 atom stereocenters. The first kappa shape index (κ1) is 19.1. The molecule has 0 saturated heterocycles. The summed E-state index contributed by atoms with van der Waals surface area (Å²) in [6.45, 7) is 4.50. The number of sulfonamides is 1. The number of ketones is 1. The molecule has 2 aromatic rings. The number of aromatic nitrogens is 1. The van der Waals surface area contributed by atoms with E-state index in [4.69, 9.17) is 0 Å². The van der Waals surface area contributed by atoms with E-state index >= 15 is 0 Å². The van der Waals surface area contributed by atoms with Gasteiger partial charge in [0.2, 0.25) is 15.9 Å². The average molecular weight is 381 g/mol. The molecule has 0 fully saturated rings. The van der Waals surface area contributed by atoms with Gasteiger partial charge in [0, 0.05) is 6.92 Å². The number of anilines is 2. The lowest BCUT2D eigenvalue weighted by atomic mass is 10.2. The van der Waals surface area contributed by atoms with Gasteiger partial charge in [-0.1, -0.05) is 29.5 Å². The van der Waals surface area contributed by atoms with Crippen LogP contribution in [0.25, 0.3) is 0 Å². The number of thiazole rings is 1. The van der Waals surface area contributed by atoms with Crippen LogP contribution in [0.2, 0.25) is 0 Å². The summed E-state index contributed by atoms with van der Waals surface area (Å²) in [5.41, 5.74) is 1.72. The predicted molar refractivity (Wildman–Crippen MR) is 98.9 cm³/mol. The summed E-state index contributed by atoms with van der Waals surface area (Å²) in [6.07, 6.45) is 1.05. The molecule has 1 N–H and O–H groups in total. The fraction of sp³-hybridized carbons (Fsp3) is 0.312. The lowest BCUT2D eigenvalue weighted by molar-refractivity contribution is -0.114. The van der Waals surface area contributed by atoms with Crippen molar-refractivity contribution < 1.29 is 18.0 Å². The zero-order chi connectivity index (χ0) is 18.8. The lowest BCUT2D eigenvalue weighted by Crippen LogP contribution is -2.37. The summed E-state index contributed by atoms with van der Waals surface area (Å²) in [5.74, 6) is -0.661. The number of hydrogen-bond acceptors (Lipinski definition) is 6. The Kier molecular flexibility index (Phi) is 5.58. The van der Waals surface area contributed by atoms with Gasteiger partial charge in [-0.05, 0) is 25.5 Å². The number of rotatable bonds is 6. The molecule has 25 heavy (non-hydrogen) atoms. The Hall–Kier alpha value is -2.26. The second-order valence-electron chi connectivity index (χ2n) is 5.59. The number of nitrogens with one attached hydrogen (secondary N) is 1. The molecule has 1 amide bonds. The summed E-state index contributed by atoms with van der Waals surface area (Å²) >= 11 is 1.07. The Morgan fingerprint density at radius 2 is 1.88 bits per heavy atom. The highest BCUT2D eigenvalue weighted by Crippen LogP contribution is 2.24. The van der Waals surface area contributed by atoms with E-state index in [1.807, 2.05) is 0 Å². The van der Waals surface area contributed by atoms with Gasteiger partial charge in [-0.3, -0.25) is 13.9 Å². The van der Waals surface area contributed by atoms with Crippen LogP contribution < -0.4 is 9.62 Å². The molecule has 1 heterocycles. The SMILES string of the molecule is CC(=O)c1sc(NC(=O)CN(c2ccccc2C)S(C)(=O)=O)nc1C. The first-order chi connectivity index (χ1) is 11.6. The number of benzene rings is 1. The van der Waals surface area contributed by atoms with Gasteiger partial charge < -0.3 is 5.32 Å². The normalized spacial score (nSPS) is 11.2. The third-order valence-corrected chi connectivity index (χ3v) is 5.73. The van der Waals surface area contributed by atoms with Crippen molar-refractivity contribution in [2.45, 2.75) is 20.8 Å². The number of nitrogens with zero attached hydrogens (tertiary/aromatic N) is 2. The summed E-state index contributed by atoms with van der Waals surface area (Å²) in [5, 5.41) is 2.83. The highest BCUT2D eigenvalue weighted by Gasteiger charge is 2.23. The maximum Gasteiger partial charge on any atom is 0.246 e. The third kappa shape index (κ3) is 4.64. The van der Waals surface area contributed by atoms with Crippen molar-refractivity contribution in [1.82, 2.24) is 4.98 Å². The molecule has 0 bridgehead atoms. The molecule has 7 nitrogen and oxygen atoms in total. The van der Waals surface area contributed by atoms with Gasteiger partial charge in [-0.2, -0.15) is 0 Å². The van der Waals surface area contributed by atoms with Crippen LogP contribution in [0.4, 0.5) is 10.8 Å². The quantitative estimate of drug-likeness (QED) is 0.775. The van der Waals surface area contributed by atoms with Crippen LogP contribution in [-0.4, -0.2) is 37.9 Å². The maximum absolute atomic E-state index is 12.3. The minimum absolute atomic E-state index is 0.131. The van der Waals surface area contributed by atoms with Gasteiger partial charge in [-0.15, -0.1) is 0 Å². The molecular formula is C16H19N3O4S2. The predicted octanol–water partition coefficient (Wildman–Crippen LogP) is 2.37. The van der Waals surface area contributed by atoms with Crippen LogP contribution in [0.1, 0.15) is 27.9 Å².